The second-order valence-electron chi connectivity index (χ2n) is 6.83. The predicted molar refractivity (Wildman–Crippen MR) is 82.6 cm³/mol. The molecule has 2 atom stereocenters. The van der Waals surface area contributed by atoms with E-state index in [1.807, 2.05) is 0 Å². The fourth-order valence-electron chi connectivity index (χ4n) is 3.43. The second kappa shape index (κ2) is 8.23. The molecule has 0 aromatic carbocycles. The maximum Gasteiger partial charge on any atom is 0.0474 e. The van der Waals surface area contributed by atoms with Crippen LogP contribution in [0.25, 0.3) is 0 Å². The molecule has 0 spiro atoms. The third kappa shape index (κ3) is 5.41. The molecule has 0 aliphatic heterocycles. The highest BCUT2D eigenvalue weighted by atomic mass is 16.5. The number of methoxy groups -OCH3 is 1. The van der Waals surface area contributed by atoms with Crippen LogP contribution in [-0.2, 0) is 4.74 Å². The Morgan fingerprint density at radius 2 is 2.11 bits per heavy atom. The fraction of sp³-hybridized carbons (Fsp3) is 1.00. The van der Waals surface area contributed by atoms with E-state index in [0.29, 0.717) is 11.5 Å². The summed E-state index contributed by atoms with van der Waals surface area (Å²) < 4.78 is 5.13. The Morgan fingerprint density at radius 3 is 2.74 bits per heavy atom. The van der Waals surface area contributed by atoms with Gasteiger partial charge in [0, 0.05) is 32.8 Å². The average Bonchev–Trinajstić information content (AvgIpc) is 2.62. The molecule has 2 unspecified atom stereocenters. The van der Waals surface area contributed by atoms with Gasteiger partial charge in [0.1, 0.15) is 0 Å². The van der Waals surface area contributed by atoms with Crippen molar-refractivity contribution in [2.24, 2.45) is 11.3 Å². The molecule has 0 amide bonds. The quantitative estimate of drug-likeness (QED) is 0.652. The average molecular weight is 270 g/mol. The van der Waals surface area contributed by atoms with Crippen LogP contribution >= 0.6 is 0 Å². The molecule has 0 bridgehead atoms. The van der Waals surface area contributed by atoms with Gasteiger partial charge in [-0.3, -0.25) is 0 Å². The molecule has 1 N–H and O–H groups in total. The lowest BCUT2D eigenvalue weighted by Crippen LogP contribution is -2.45. The van der Waals surface area contributed by atoms with Crippen LogP contribution in [0.4, 0.5) is 0 Å². The van der Waals surface area contributed by atoms with Gasteiger partial charge in [0.25, 0.3) is 0 Å². The minimum absolute atomic E-state index is 0.452. The van der Waals surface area contributed by atoms with Gasteiger partial charge in [0.2, 0.25) is 0 Å². The molecule has 1 aliphatic rings. The Morgan fingerprint density at radius 1 is 1.37 bits per heavy atom. The second-order valence-corrected chi connectivity index (χ2v) is 6.83. The minimum atomic E-state index is 0.452. The smallest absolute Gasteiger partial charge is 0.0474 e. The van der Waals surface area contributed by atoms with Crippen molar-refractivity contribution in [2.75, 3.05) is 40.4 Å². The monoisotopic (exact) mass is 270 g/mol. The van der Waals surface area contributed by atoms with Crippen LogP contribution in [-0.4, -0.2) is 51.3 Å². The Bertz CT molecular complexity index is 243. The highest BCUT2D eigenvalue weighted by Crippen LogP contribution is 2.41. The minimum Gasteiger partial charge on any atom is -0.385 e. The van der Waals surface area contributed by atoms with Gasteiger partial charge in [0.05, 0.1) is 0 Å². The highest BCUT2D eigenvalue weighted by Gasteiger charge is 2.41. The van der Waals surface area contributed by atoms with E-state index >= 15 is 0 Å². The van der Waals surface area contributed by atoms with E-state index in [2.05, 4.69) is 38.0 Å². The van der Waals surface area contributed by atoms with Crippen LogP contribution in [0.2, 0.25) is 0 Å². The van der Waals surface area contributed by atoms with Crippen molar-refractivity contribution in [1.29, 1.82) is 0 Å². The first-order valence-electron chi connectivity index (χ1n) is 7.92. The molecule has 1 saturated carbocycles. The van der Waals surface area contributed by atoms with Gasteiger partial charge in [-0.25, -0.2) is 0 Å². The lowest BCUT2D eigenvalue weighted by atomic mass is 9.84. The zero-order chi connectivity index (χ0) is 14.3. The summed E-state index contributed by atoms with van der Waals surface area (Å²) >= 11 is 0. The summed E-state index contributed by atoms with van der Waals surface area (Å²) in [7, 11) is 4.03. The van der Waals surface area contributed by atoms with Crippen LogP contribution in [0, 0.1) is 11.3 Å². The maximum atomic E-state index is 5.13. The summed E-state index contributed by atoms with van der Waals surface area (Å²) in [6.07, 6.45) is 5.08. The zero-order valence-corrected chi connectivity index (χ0v) is 13.7. The molecular formula is C16H34N2O. The van der Waals surface area contributed by atoms with Crippen LogP contribution < -0.4 is 5.32 Å². The highest BCUT2D eigenvalue weighted by molar-refractivity contribution is 4.96. The molecule has 114 valence electrons. The molecule has 0 heterocycles. The number of nitrogens with one attached hydrogen (secondary N) is 1. The van der Waals surface area contributed by atoms with E-state index in [9.17, 15) is 0 Å². The van der Waals surface area contributed by atoms with Gasteiger partial charge < -0.3 is 15.0 Å². The maximum absolute atomic E-state index is 5.13. The van der Waals surface area contributed by atoms with E-state index in [1.165, 1.54) is 25.8 Å². The first kappa shape index (κ1) is 16.9. The van der Waals surface area contributed by atoms with Crippen LogP contribution in [0.15, 0.2) is 0 Å². The molecule has 1 fully saturated rings. The summed E-state index contributed by atoms with van der Waals surface area (Å²) in [5.74, 6) is 0.800. The van der Waals surface area contributed by atoms with Gasteiger partial charge in [0.15, 0.2) is 0 Å². The topological polar surface area (TPSA) is 24.5 Å². The molecule has 3 heteroatoms. The lowest BCUT2D eigenvalue weighted by molar-refractivity contribution is 0.165. The van der Waals surface area contributed by atoms with Crippen molar-refractivity contribution in [3.8, 4) is 0 Å². The normalized spacial score (nSPS) is 26.2. The number of ether oxygens (including phenoxy) is 1. The van der Waals surface area contributed by atoms with Crippen molar-refractivity contribution in [2.45, 2.75) is 52.5 Å². The Balaban J connectivity index is 2.42. The standard InChI is InChI=1S/C16H34N2O/c1-6-10-17-15-14(8-9-16(15,2)3)13-18(4)11-7-12-19-5/h14-15,17H,6-13H2,1-5H3. The molecule has 1 aliphatic carbocycles. The molecule has 0 radical (unpaired) electrons. The molecular weight excluding hydrogens is 236 g/mol. The summed E-state index contributed by atoms with van der Waals surface area (Å²) in [6, 6.07) is 0.678. The molecule has 19 heavy (non-hydrogen) atoms. The molecule has 0 aromatic rings. The molecule has 3 nitrogen and oxygen atoms in total. The van der Waals surface area contributed by atoms with Crippen molar-refractivity contribution in [3.05, 3.63) is 0 Å². The van der Waals surface area contributed by atoms with Crippen LogP contribution in [0.1, 0.15) is 46.5 Å². The third-order valence-corrected chi connectivity index (χ3v) is 4.52. The van der Waals surface area contributed by atoms with E-state index in [-0.39, 0.29) is 0 Å². The van der Waals surface area contributed by atoms with Gasteiger partial charge in [-0.2, -0.15) is 0 Å². The Labute approximate surface area is 120 Å². The predicted octanol–water partition coefficient (Wildman–Crippen LogP) is 2.76. The van der Waals surface area contributed by atoms with Crippen molar-refractivity contribution in [3.63, 3.8) is 0 Å². The van der Waals surface area contributed by atoms with Gasteiger partial charge in [-0.1, -0.05) is 20.8 Å². The van der Waals surface area contributed by atoms with E-state index in [1.54, 1.807) is 7.11 Å². The first-order valence-corrected chi connectivity index (χ1v) is 7.92. The number of hydrogen-bond donors (Lipinski definition) is 1. The summed E-state index contributed by atoms with van der Waals surface area (Å²) in [5.41, 5.74) is 0.452. The summed E-state index contributed by atoms with van der Waals surface area (Å²) in [5, 5.41) is 3.79. The Hall–Kier alpha value is -0.120. The van der Waals surface area contributed by atoms with Gasteiger partial charge >= 0.3 is 0 Å². The molecule has 0 aromatic heterocycles. The molecule has 1 rings (SSSR count). The van der Waals surface area contributed by atoms with E-state index in [4.69, 9.17) is 4.74 Å². The number of hydrogen-bond acceptors (Lipinski definition) is 3. The van der Waals surface area contributed by atoms with Crippen molar-refractivity contribution < 1.29 is 4.74 Å². The van der Waals surface area contributed by atoms with Gasteiger partial charge in [-0.05, 0) is 50.6 Å². The van der Waals surface area contributed by atoms with Crippen LogP contribution in [0.5, 0.6) is 0 Å². The zero-order valence-electron chi connectivity index (χ0n) is 13.7. The SMILES string of the molecule is CCCNC1C(CN(C)CCCOC)CCC1(C)C. The summed E-state index contributed by atoms with van der Waals surface area (Å²) in [6.45, 7) is 11.5. The molecule has 0 saturated heterocycles. The van der Waals surface area contributed by atoms with Crippen molar-refractivity contribution in [1.82, 2.24) is 10.2 Å². The summed E-state index contributed by atoms with van der Waals surface area (Å²) in [4.78, 5) is 2.48. The lowest BCUT2D eigenvalue weighted by Gasteiger charge is -2.33. The number of rotatable bonds is 9. The van der Waals surface area contributed by atoms with E-state index in [0.717, 1.165) is 32.0 Å². The third-order valence-electron chi connectivity index (χ3n) is 4.52. The van der Waals surface area contributed by atoms with Crippen LogP contribution in [0.3, 0.4) is 0 Å². The first-order chi connectivity index (χ1) is 9.01. The van der Waals surface area contributed by atoms with Crippen molar-refractivity contribution >= 4 is 0 Å². The fourth-order valence-corrected chi connectivity index (χ4v) is 3.43. The van der Waals surface area contributed by atoms with Gasteiger partial charge in [-0.15, -0.1) is 0 Å². The van der Waals surface area contributed by atoms with E-state index < -0.39 is 0 Å². The largest absolute Gasteiger partial charge is 0.385 e. The number of nitrogens with zero attached hydrogens (tertiary/aromatic N) is 1. The Kier molecular flexibility index (Phi) is 7.33.